The lowest BCUT2D eigenvalue weighted by atomic mass is 10.4. The molecule has 0 bridgehead atoms. The number of hydrogen-bond donors (Lipinski definition) is 1. The highest BCUT2D eigenvalue weighted by Crippen LogP contribution is 2.31. The van der Waals surface area contributed by atoms with Gasteiger partial charge in [-0.25, -0.2) is 0 Å². The lowest BCUT2D eigenvalue weighted by Gasteiger charge is -2.24. The maximum Gasteiger partial charge on any atom is 0.249 e. The summed E-state index contributed by atoms with van der Waals surface area (Å²) >= 11 is 2.80. The molecule has 1 aliphatic rings. The summed E-state index contributed by atoms with van der Waals surface area (Å²) in [6.45, 7) is 2.40. The summed E-state index contributed by atoms with van der Waals surface area (Å²) in [5.74, 6) is -0.699. The number of nitrogens with one attached hydrogen (secondary N) is 1. The van der Waals surface area contributed by atoms with Gasteiger partial charge in [-0.3, -0.25) is 19.4 Å². The average Bonchev–Trinajstić information content (AvgIpc) is 2.94. The fourth-order valence-electron chi connectivity index (χ4n) is 1.13. The summed E-state index contributed by atoms with van der Waals surface area (Å²) in [6, 6.07) is 0. The van der Waals surface area contributed by atoms with Crippen molar-refractivity contribution in [2.75, 3.05) is 12.3 Å². The second kappa shape index (κ2) is 5.53. The van der Waals surface area contributed by atoms with Crippen molar-refractivity contribution in [2.24, 2.45) is 5.92 Å². The molecule has 0 aromatic rings. The summed E-state index contributed by atoms with van der Waals surface area (Å²) in [5, 5.41) is 1.54. The third kappa shape index (κ3) is 4.23. The molecule has 7 heteroatoms. The first-order valence-electron chi connectivity index (χ1n) is 4.71. The largest absolute Gasteiger partial charge is 0.772 e. The Labute approximate surface area is 96.5 Å². The van der Waals surface area contributed by atoms with Crippen LogP contribution in [0.3, 0.4) is 0 Å². The normalized spacial score (nSPS) is 16.9. The van der Waals surface area contributed by atoms with E-state index in [0.717, 1.165) is 12.8 Å². The van der Waals surface area contributed by atoms with Crippen molar-refractivity contribution >= 4 is 34.2 Å². The van der Waals surface area contributed by atoms with Gasteiger partial charge in [0.2, 0.25) is 5.91 Å². The van der Waals surface area contributed by atoms with Crippen LogP contribution < -0.4 is 5.43 Å². The Morgan fingerprint density at radius 2 is 2.27 bits per heavy atom. The second-order valence-corrected chi connectivity index (χ2v) is 4.65. The van der Waals surface area contributed by atoms with E-state index in [1.54, 1.807) is 5.01 Å². The number of nitrogens with zero attached hydrogens (tertiary/aromatic N) is 1. The number of thiocarbonyl (C=S) groups is 1. The highest BCUT2D eigenvalue weighted by molar-refractivity contribution is 7.80. The standard InChI is InChI=1S/C8H14N2O3S2/c1-2-10(8(14)6-3-4-6)9-7(11)5-15(12)13/h6H,2-5H2,1H3,(H,9,11)(H,12,13)/p-1. The molecule has 1 N–H and O–H groups in total. The lowest BCUT2D eigenvalue weighted by Crippen LogP contribution is -2.47. The van der Waals surface area contributed by atoms with Crippen LogP contribution >= 0.6 is 12.2 Å². The van der Waals surface area contributed by atoms with Crippen LogP contribution in [-0.2, 0) is 15.9 Å². The van der Waals surface area contributed by atoms with Gasteiger partial charge in [0.1, 0.15) is 4.99 Å². The third-order valence-electron chi connectivity index (χ3n) is 2.02. The monoisotopic (exact) mass is 249 g/mol. The molecule has 1 unspecified atom stereocenters. The smallest absolute Gasteiger partial charge is 0.249 e. The Bertz CT molecular complexity index is 292. The molecule has 1 atom stereocenters. The lowest BCUT2D eigenvalue weighted by molar-refractivity contribution is -0.121. The van der Waals surface area contributed by atoms with Crippen molar-refractivity contribution < 1.29 is 13.6 Å². The maximum atomic E-state index is 11.2. The van der Waals surface area contributed by atoms with Gasteiger partial charge in [-0.2, -0.15) is 0 Å². The minimum absolute atomic E-state index is 0.373. The Balaban J connectivity index is 2.41. The van der Waals surface area contributed by atoms with Crippen LogP contribution in [0.1, 0.15) is 19.8 Å². The molecule has 15 heavy (non-hydrogen) atoms. The van der Waals surface area contributed by atoms with Gasteiger partial charge in [0, 0.05) is 12.5 Å². The molecule has 0 aliphatic heterocycles. The number of hydrazine groups is 1. The van der Waals surface area contributed by atoms with Gasteiger partial charge in [0.15, 0.2) is 0 Å². The zero-order valence-electron chi connectivity index (χ0n) is 8.39. The van der Waals surface area contributed by atoms with E-state index in [9.17, 15) is 13.6 Å². The summed E-state index contributed by atoms with van der Waals surface area (Å²) in [5.41, 5.74) is 2.48. The topological polar surface area (TPSA) is 72.5 Å². The van der Waals surface area contributed by atoms with Gasteiger partial charge < -0.3 is 4.55 Å². The first kappa shape index (κ1) is 12.5. The minimum Gasteiger partial charge on any atom is -0.772 e. The van der Waals surface area contributed by atoms with Crippen LogP contribution in [0.5, 0.6) is 0 Å². The van der Waals surface area contributed by atoms with Crippen LogP contribution in [0.25, 0.3) is 0 Å². The SMILES string of the molecule is CCN(NC(=O)CS(=O)[O-])C(=S)C1CC1. The molecule has 5 nitrogen and oxygen atoms in total. The predicted molar refractivity (Wildman–Crippen MR) is 59.6 cm³/mol. The molecule has 1 rings (SSSR count). The summed E-state index contributed by atoms with van der Waals surface area (Å²) in [4.78, 5) is 11.9. The number of carbonyl (C=O) groups is 1. The van der Waals surface area contributed by atoms with Crippen molar-refractivity contribution in [2.45, 2.75) is 19.8 Å². The number of amides is 1. The van der Waals surface area contributed by atoms with Crippen molar-refractivity contribution in [3.63, 3.8) is 0 Å². The quantitative estimate of drug-likeness (QED) is 0.430. The molecule has 0 spiro atoms. The van der Waals surface area contributed by atoms with E-state index in [4.69, 9.17) is 12.2 Å². The van der Waals surface area contributed by atoms with Crippen molar-refractivity contribution in [1.29, 1.82) is 0 Å². The number of carbonyl (C=O) groups excluding carboxylic acids is 1. The Morgan fingerprint density at radius 1 is 1.67 bits per heavy atom. The fourth-order valence-corrected chi connectivity index (χ4v) is 1.82. The van der Waals surface area contributed by atoms with Crippen molar-refractivity contribution in [3.05, 3.63) is 0 Å². The van der Waals surface area contributed by atoms with Crippen molar-refractivity contribution in [1.82, 2.24) is 10.4 Å². The van der Waals surface area contributed by atoms with Crippen molar-refractivity contribution in [3.8, 4) is 0 Å². The zero-order chi connectivity index (χ0) is 11.4. The molecule has 86 valence electrons. The molecule has 1 fully saturated rings. The maximum absolute atomic E-state index is 11.2. The van der Waals surface area contributed by atoms with E-state index >= 15 is 0 Å². The van der Waals surface area contributed by atoms with Gasteiger partial charge in [-0.05, 0) is 30.8 Å². The van der Waals surface area contributed by atoms with Gasteiger partial charge in [0.25, 0.3) is 0 Å². The van der Waals surface area contributed by atoms with E-state index in [-0.39, 0.29) is 0 Å². The highest BCUT2D eigenvalue weighted by Gasteiger charge is 2.29. The summed E-state index contributed by atoms with van der Waals surface area (Å²) in [6.07, 6.45) is 2.11. The Hall–Kier alpha value is -0.530. The third-order valence-corrected chi connectivity index (χ3v) is 3.07. The van der Waals surface area contributed by atoms with Gasteiger partial charge in [0.05, 0.1) is 5.75 Å². The Morgan fingerprint density at radius 3 is 2.67 bits per heavy atom. The zero-order valence-corrected chi connectivity index (χ0v) is 10.0. The van der Waals surface area contributed by atoms with Gasteiger partial charge in [-0.1, -0.05) is 12.2 Å². The minimum atomic E-state index is -2.35. The molecule has 0 aromatic heterocycles. The van der Waals surface area contributed by atoms with Crippen LogP contribution in [0.15, 0.2) is 0 Å². The number of hydrogen-bond acceptors (Lipinski definition) is 4. The first-order chi connectivity index (χ1) is 7.04. The van der Waals surface area contributed by atoms with E-state index < -0.39 is 22.7 Å². The van der Waals surface area contributed by atoms with Gasteiger partial charge >= 0.3 is 0 Å². The average molecular weight is 249 g/mol. The Kier molecular flexibility index (Phi) is 4.62. The van der Waals surface area contributed by atoms with Crippen LogP contribution in [-0.4, -0.2) is 37.0 Å². The first-order valence-corrected chi connectivity index (χ1v) is 6.36. The fraction of sp³-hybridized carbons (Fsp3) is 0.750. The molecule has 0 radical (unpaired) electrons. The van der Waals surface area contributed by atoms with E-state index in [2.05, 4.69) is 5.43 Å². The summed E-state index contributed by atoms with van der Waals surface area (Å²) < 4.78 is 20.6. The highest BCUT2D eigenvalue weighted by atomic mass is 32.2. The molecule has 0 heterocycles. The molecular formula is C8H13N2O3S2-. The molecule has 1 aliphatic carbocycles. The van der Waals surface area contributed by atoms with Crippen LogP contribution in [0.4, 0.5) is 0 Å². The van der Waals surface area contributed by atoms with E-state index in [0.29, 0.717) is 17.5 Å². The summed E-state index contributed by atoms with van der Waals surface area (Å²) in [7, 11) is 0. The molecule has 1 saturated carbocycles. The van der Waals surface area contributed by atoms with E-state index in [1.807, 2.05) is 6.92 Å². The molecular weight excluding hydrogens is 236 g/mol. The predicted octanol–water partition coefficient (Wildman–Crippen LogP) is -0.0440. The molecule has 1 amide bonds. The van der Waals surface area contributed by atoms with Crippen LogP contribution in [0, 0.1) is 5.92 Å². The second-order valence-electron chi connectivity index (χ2n) is 3.34. The number of rotatable bonds is 4. The van der Waals surface area contributed by atoms with Crippen LogP contribution in [0.2, 0.25) is 0 Å². The van der Waals surface area contributed by atoms with Gasteiger partial charge in [-0.15, -0.1) is 0 Å². The molecule has 0 aromatic carbocycles. The molecule has 0 saturated heterocycles. The van der Waals surface area contributed by atoms with E-state index in [1.165, 1.54) is 0 Å².